The average molecular weight is 506 g/mol. The molecule has 200 valence electrons. The maximum atomic E-state index is 12.6. The Hall–Kier alpha value is -2.82. The maximum absolute atomic E-state index is 12.6. The molecule has 0 atom stereocenters. The molecule has 5 heteroatoms. The van der Waals surface area contributed by atoms with Gasteiger partial charge in [-0.15, -0.1) is 0 Å². The Morgan fingerprint density at radius 3 is 1.54 bits per heavy atom. The van der Waals surface area contributed by atoms with Crippen molar-refractivity contribution in [3.8, 4) is 0 Å². The van der Waals surface area contributed by atoms with Crippen molar-refractivity contribution < 1.29 is 19.1 Å². The largest absolute Gasteiger partial charge is 0.459 e. The zero-order valence-electron chi connectivity index (χ0n) is 22.9. The van der Waals surface area contributed by atoms with Crippen LogP contribution >= 0.6 is 0 Å². The molecule has 0 saturated heterocycles. The van der Waals surface area contributed by atoms with Gasteiger partial charge in [0, 0.05) is 11.2 Å². The summed E-state index contributed by atoms with van der Waals surface area (Å²) < 4.78 is 11.5. The van der Waals surface area contributed by atoms with Crippen LogP contribution in [0.5, 0.6) is 0 Å². The molecule has 5 nitrogen and oxygen atoms in total. The molecular weight excluding hydrogens is 462 g/mol. The van der Waals surface area contributed by atoms with Crippen LogP contribution in [-0.2, 0) is 15.9 Å². The van der Waals surface area contributed by atoms with Crippen LogP contribution in [0, 0.1) is 11.8 Å². The van der Waals surface area contributed by atoms with E-state index in [1.165, 1.54) is 0 Å². The fourth-order valence-corrected chi connectivity index (χ4v) is 5.53. The van der Waals surface area contributed by atoms with Crippen LogP contribution in [0.3, 0.4) is 0 Å². The summed E-state index contributed by atoms with van der Waals surface area (Å²) in [5.41, 5.74) is 3.07. The van der Waals surface area contributed by atoms with Gasteiger partial charge in [-0.05, 0) is 125 Å². The lowest BCUT2D eigenvalue weighted by molar-refractivity contribution is 0.0165. The number of hydrogen-bond acceptors (Lipinski definition) is 5. The second-order valence-corrected chi connectivity index (χ2v) is 12.0. The molecule has 2 fully saturated rings. The second kappa shape index (κ2) is 12.1. The molecule has 0 aromatic heterocycles. The Balaban J connectivity index is 1.26. The van der Waals surface area contributed by atoms with Crippen LogP contribution < -0.4 is 5.32 Å². The average Bonchev–Trinajstić information content (AvgIpc) is 2.87. The molecule has 0 aliphatic heterocycles. The first-order valence-electron chi connectivity index (χ1n) is 14.1. The van der Waals surface area contributed by atoms with E-state index in [4.69, 9.17) is 9.47 Å². The first kappa shape index (κ1) is 27.2. The fraction of sp³-hybridized carbons (Fsp3) is 0.562. The topological polar surface area (TPSA) is 64.6 Å². The van der Waals surface area contributed by atoms with E-state index >= 15 is 0 Å². The van der Waals surface area contributed by atoms with E-state index in [1.54, 1.807) is 0 Å². The molecule has 0 radical (unpaired) electrons. The molecule has 2 aromatic rings. The lowest BCUT2D eigenvalue weighted by Crippen LogP contribution is -2.33. The Labute approximate surface area is 222 Å². The van der Waals surface area contributed by atoms with Crippen LogP contribution in [0.2, 0.25) is 0 Å². The third-order valence-electron chi connectivity index (χ3n) is 7.91. The first-order chi connectivity index (χ1) is 17.7. The van der Waals surface area contributed by atoms with Crippen LogP contribution in [0.15, 0.2) is 48.5 Å². The predicted octanol–water partition coefficient (Wildman–Crippen LogP) is 7.59. The molecule has 0 bridgehead atoms. The van der Waals surface area contributed by atoms with E-state index in [9.17, 15) is 9.59 Å². The van der Waals surface area contributed by atoms with Crippen LogP contribution in [0.4, 0.5) is 5.69 Å². The van der Waals surface area contributed by atoms with Gasteiger partial charge in [0.2, 0.25) is 0 Å². The Morgan fingerprint density at radius 2 is 1.11 bits per heavy atom. The number of rotatable bonds is 8. The Morgan fingerprint density at radius 1 is 0.703 bits per heavy atom. The normalized spacial score (nSPS) is 24.2. The highest BCUT2D eigenvalue weighted by Gasteiger charge is 2.24. The third-order valence-corrected chi connectivity index (χ3v) is 7.91. The summed E-state index contributed by atoms with van der Waals surface area (Å²) in [6.45, 7) is 8.81. The molecule has 0 spiro atoms. The minimum Gasteiger partial charge on any atom is -0.459 e. The van der Waals surface area contributed by atoms with Crippen molar-refractivity contribution in [2.75, 3.05) is 5.32 Å². The molecule has 4 rings (SSSR count). The molecule has 0 amide bonds. The van der Waals surface area contributed by atoms with Crippen molar-refractivity contribution in [1.29, 1.82) is 0 Å². The summed E-state index contributed by atoms with van der Waals surface area (Å²) in [6.07, 6.45) is 9.25. The van der Waals surface area contributed by atoms with Crippen molar-refractivity contribution in [3.05, 3.63) is 65.2 Å². The second-order valence-electron chi connectivity index (χ2n) is 12.0. The summed E-state index contributed by atoms with van der Waals surface area (Å²) in [5, 5.41) is 3.57. The van der Waals surface area contributed by atoms with Crippen LogP contribution in [-0.4, -0.2) is 29.7 Å². The van der Waals surface area contributed by atoms with Gasteiger partial charge in [-0.2, -0.15) is 0 Å². The number of carbonyl (C=O) groups excluding carboxylic acids is 2. The number of ether oxygens (including phenoxy) is 2. The Kier molecular flexibility index (Phi) is 8.94. The molecule has 2 aliphatic rings. The van der Waals surface area contributed by atoms with Crippen molar-refractivity contribution in [1.82, 2.24) is 0 Å². The number of hydrogen-bond donors (Lipinski definition) is 1. The smallest absolute Gasteiger partial charge is 0.338 e. The summed E-state index contributed by atoms with van der Waals surface area (Å²) in [6, 6.07) is 15.3. The summed E-state index contributed by atoms with van der Waals surface area (Å²) in [7, 11) is 0. The van der Waals surface area contributed by atoms with Gasteiger partial charge in [0.05, 0.1) is 11.1 Å². The molecule has 0 unspecified atom stereocenters. The molecular formula is C32H43NO4. The van der Waals surface area contributed by atoms with Crippen molar-refractivity contribution in [2.45, 2.75) is 103 Å². The fourth-order valence-electron chi connectivity index (χ4n) is 5.53. The Bertz CT molecular complexity index is 944. The van der Waals surface area contributed by atoms with Crippen LogP contribution in [0.1, 0.15) is 105 Å². The summed E-state index contributed by atoms with van der Waals surface area (Å²) in [5.74, 6) is 1.01. The van der Waals surface area contributed by atoms with E-state index in [0.29, 0.717) is 11.1 Å². The first-order valence-corrected chi connectivity index (χ1v) is 14.1. The van der Waals surface area contributed by atoms with Crippen molar-refractivity contribution in [3.63, 3.8) is 0 Å². The number of carbonyl (C=O) groups is 2. The third kappa shape index (κ3) is 8.08. The molecule has 37 heavy (non-hydrogen) atoms. The van der Waals surface area contributed by atoms with Gasteiger partial charge in [0.15, 0.2) is 0 Å². The lowest BCUT2D eigenvalue weighted by atomic mass is 9.89. The van der Waals surface area contributed by atoms with E-state index in [0.717, 1.165) is 80.9 Å². The number of esters is 2. The minimum atomic E-state index is -0.234. The van der Waals surface area contributed by atoms with Gasteiger partial charge in [-0.25, -0.2) is 9.59 Å². The zero-order chi connectivity index (χ0) is 26.4. The predicted molar refractivity (Wildman–Crippen MR) is 148 cm³/mol. The highest BCUT2D eigenvalue weighted by atomic mass is 16.5. The summed E-state index contributed by atoms with van der Waals surface area (Å²) in [4.78, 5) is 25.1. The van der Waals surface area contributed by atoms with Gasteiger partial charge in [0.1, 0.15) is 12.2 Å². The molecule has 2 saturated carbocycles. The van der Waals surface area contributed by atoms with Gasteiger partial charge in [0.25, 0.3) is 0 Å². The quantitative estimate of drug-likeness (QED) is 0.374. The monoisotopic (exact) mass is 505 g/mol. The molecule has 2 aliphatic carbocycles. The molecule has 1 N–H and O–H groups in total. The zero-order valence-corrected chi connectivity index (χ0v) is 22.9. The van der Waals surface area contributed by atoms with E-state index < -0.39 is 0 Å². The number of benzene rings is 2. The summed E-state index contributed by atoms with van der Waals surface area (Å²) >= 11 is 0. The van der Waals surface area contributed by atoms with E-state index in [2.05, 4.69) is 33.0 Å². The SMILES string of the molecule is CC1CCC(OC(=O)c2ccc(CC(C)(C)Nc3ccc(C(=O)OC4CCC(C)CC4)cc3)cc2)CC1. The number of anilines is 1. The van der Waals surface area contributed by atoms with Gasteiger partial charge in [-0.3, -0.25) is 0 Å². The van der Waals surface area contributed by atoms with Gasteiger partial charge >= 0.3 is 11.9 Å². The van der Waals surface area contributed by atoms with Gasteiger partial charge in [-0.1, -0.05) is 26.0 Å². The van der Waals surface area contributed by atoms with Crippen molar-refractivity contribution >= 4 is 17.6 Å². The maximum Gasteiger partial charge on any atom is 0.338 e. The standard InChI is InChI=1S/C32H43NO4/c1-22-5-17-28(18-6-22)36-30(34)25-11-9-24(10-12-25)21-32(3,4)33-27-15-13-26(14-16-27)31(35)37-29-19-7-23(2)8-20-29/h9-16,22-23,28-29,33H,5-8,17-21H2,1-4H3. The number of nitrogens with one attached hydrogen (secondary N) is 1. The highest BCUT2D eigenvalue weighted by Crippen LogP contribution is 2.28. The minimum absolute atomic E-state index is 0.0461. The van der Waals surface area contributed by atoms with Crippen LogP contribution in [0.25, 0.3) is 0 Å². The lowest BCUT2D eigenvalue weighted by Gasteiger charge is -2.28. The molecule has 2 aromatic carbocycles. The van der Waals surface area contributed by atoms with E-state index in [-0.39, 0.29) is 29.7 Å². The molecule has 0 heterocycles. The van der Waals surface area contributed by atoms with Gasteiger partial charge < -0.3 is 14.8 Å². The van der Waals surface area contributed by atoms with E-state index in [1.807, 2.05) is 48.5 Å². The highest BCUT2D eigenvalue weighted by molar-refractivity contribution is 5.90. The van der Waals surface area contributed by atoms with Crippen molar-refractivity contribution in [2.24, 2.45) is 11.8 Å².